The molecule has 128 valence electrons. The predicted octanol–water partition coefficient (Wildman–Crippen LogP) is 0.254. The normalized spacial score (nSPS) is 27.2. The maximum absolute atomic E-state index is 12.8. The lowest BCUT2D eigenvalue weighted by atomic mass is 9.97. The average molecular weight is 329 g/mol. The Balaban J connectivity index is 1.52. The van der Waals surface area contributed by atoms with Gasteiger partial charge in [0.15, 0.2) is 0 Å². The van der Waals surface area contributed by atoms with Crippen LogP contribution in [0.15, 0.2) is 18.2 Å². The molecular formula is C18H23N3O3. The Bertz CT molecular complexity index is 669. The number of carbonyl (C=O) groups excluding carboxylic acids is 2. The second-order valence-corrected chi connectivity index (χ2v) is 6.97. The van der Waals surface area contributed by atoms with Gasteiger partial charge in [-0.1, -0.05) is 6.07 Å². The van der Waals surface area contributed by atoms with Gasteiger partial charge in [-0.2, -0.15) is 0 Å². The van der Waals surface area contributed by atoms with Gasteiger partial charge in [0, 0.05) is 30.8 Å². The summed E-state index contributed by atoms with van der Waals surface area (Å²) >= 11 is 0. The number of benzene rings is 1. The molecule has 2 amide bonds. The molecular weight excluding hydrogens is 306 g/mol. The van der Waals surface area contributed by atoms with Gasteiger partial charge >= 0.3 is 0 Å². The molecule has 4 rings (SSSR count). The van der Waals surface area contributed by atoms with Crippen LogP contribution in [-0.4, -0.2) is 71.6 Å². The van der Waals surface area contributed by atoms with Crippen LogP contribution in [0.3, 0.4) is 0 Å². The number of β-amino-alcohol motifs (C(OH)–C–C–N with tert-alkyl or cyclic N) is 1. The van der Waals surface area contributed by atoms with Crippen molar-refractivity contribution >= 4 is 11.8 Å². The zero-order chi connectivity index (χ0) is 16.7. The van der Waals surface area contributed by atoms with Gasteiger partial charge in [-0.05, 0) is 50.0 Å². The molecule has 2 fully saturated rings. The smallest absolute Gasteiger partial charge is 0.254 e. The Labute approximate surface area is 141 Å². The molecule has 3 aliphatic rings. The van der Waals surface area contributed by atoms with Crippen molar-refractivity contribution in [2.24, 2.45) is 0 Å². The minimum Gasteiger partial charge on any atom is -0.390 e. The Morgan fingerprint density at radius 2 is 2.00 bits per heavy atom. The number of nitrogens with one attached hydrogen (secondary N) is 1. The predicted molar refractivity (Wildman–Crippen MR) is 89.0 cm³/mol. The molecule has 0 aliphatic carbocycles. The summed E-state index contributed by atoms with van der Waals surface area (Å²) < 4.78 is 0. The van der Waals surface area contributed by atoms with E-state index in [1.807, 2.05) is 6.07 Å². The summed E-state index contributed by atoms with van der Waals surface area (Å²) in [7, 11) is 0. The largest absolute Gasteiger partial charge is 0.390 e. The number of amides is 2. The first-order chi connectivity index (χ1) is 11.6. The van der Waals surface area contributed by atoms with Gasteiger partial charge < -0.3 is 15.3 Å². The topological polar surface area (TPSA) is 72.9 Å². The number of aliphatic hydroxyl groups excluding tert-OH is 1. The lowest BCUT2D eigenvalue weighted by Gasteiger charge is -2.25. The summed E-state index contributed by atoms with van der Waals surface area (Å²) in [6, 6.07) is 5.42. The van der Waals surface area contributed by atoms with E-state index in [1.54, 1.807) is 17.0 Å². The Hall–Kier alpha value is -1.92. The zero-order valence-electron chi connectivity index (χ0n) is 13.7. The first kappa shape index (κ1) is 15.6. The maximum atomic E-state index is 12.8. The third-order valence-electron chi connectivity index (χ3n) is 5.44. The van der Waals surface area contributed by atoms with Crippen LogP contribution in [0.1, 0.15) is 39.1 Å². The third kappa shape index (κ3) is 2.70. The lowest BCUT2D eigenvalue weighted by molar-refractivity contribution is 0.0763. The monoisotopic (exact) mass is 329 g/mol. The number of nitrogens with zero attached hydrogens (tertiary/aromatic N) is 2. The molecule has 0 radical (unpaired) electrons. The van der Waals surface area contributed by atoms with Gasteiger partial charge in [0.05, 0.1) is 12.1 Å². The van der Waals surface area contributed by atoms with Gasteiger partial charge in [0.1, 0.15) is 0 Å². The summed E-state index contributed by atoms with van der Waals surface area (Å²) in [4.78, 5) is 28.8. The van der Waals surface area contributed by atoms with E-state index in [9.17, 15) is 14.7 Å². The number of fused-ring (bicyclic) bond motifs is 1. The van der Waals surface area contributed by atoms with E-state index < -0.39 is 6.10 Å². The van der Waals surface area contributed by atoms with Crippen molar-refractivity contribution in [1.82, 2.24) is 15.1 Å². The van der Waals surface area contributed by atoms with Gasteiger partial charge in [0.25, 0.3) is 11.8 Å². The number of rotatable bonds is 2. The molecule has 3 heterocycles. The zero-order valence-corrected chi connectivity index (χ0v) is 13.7. The Morgan fingerprint density at radius 3 is 2.79 bits per heavy atom. The molecule has 6 heteroatoms. The molecule has 2 saturated heterocycles. The van der Waals surface area contributed by atoms with Crippen LogP contribution < -0.4 is 5.32 Å². The summed E-state index contributed by atoms with van der Waals surface area (Å²) in [6.45, 7) is 3.58. The molecule has 6 nitrogen and oxygen atoms in total. The van der Waals surface area contributed by atoms with Crippen molar-refractivity contribution in [3.8, 4) is 0 Å². The highest BCUT2D eigenvalue weighted by Crippen LogP contribution is 2.23. The van der Waals surface area contributed by atoms with Crippen LogP contribution in [0.4, 0.5) is 0 Å². The molecule has 1 aromatic rings. The van der Waals surface area contributed by atoms with Gasteiger partial charge in [-0.15, -0.1) is 0 Å². The van der Waals surface area contributed by atoms with Crippen molar-refractivity contribution in [1.29, 1.82) is 0 Å². The molecule has 0 spiro atoms. The Morgan fingerprint density at radius 1 is 1.21 bits per heavy atom. The van der Waals surface area contributed by atoms with Crippen molar-refractivity contribution < 1.29 is 14.7 Å². The van der Waals surface area contributed by atoms with Crippen LogP contribution >= 0.6 is 0 Å². The second kappa shape index (κ2) is 6.18. The fourth-order valence-corrected chi connectivity index (χ4v) is 4.09. The number of carbonyl (C=O) groups is 2. The summed E-state index contributed by atoms with van der Waals surface area (Å²) in [5.74, 6) is -0.209. The molecule has 2 atom stereocenters. The van der Waals surface area contributed by atoms with Crippen LogP contribution in [0.5, 0.6) is 0 Å². The molecule has 1 aromatic carbocycles. The van der Waals surface area contributed by atoms with Crippen molar-refractivity contribution in [3.63, 3.8) is 0 Å². The van der Waals surface area contributed by atoms with Gasteiger partial charge in [-0.3, -0.25) is 14.5 Å². The van der Waals surface area contributed by atoms with Crippen molar-refractivity contribution in [2.45, 2.75) is 31.4 Å². The summed E-state index contributed by atoms with van der Waals surface area (Å²) in [5, 5.41) is 13.2. The molecule has 0 bridgehead atoms. The second-order valence-electron chi connectivity index (χ2n) is 6.97. The molecule has 0 aromatic heterocycles. The number of aliphatic hydroxyl groups is 1. The van der Waals surface area contributed by atoms with E-state index in [-0.39, 0.29) is 17.9 Å². The van der Waals surface area contributed by atoms with E-state index in [4.69, 9.17) is 0 Å². The number of likely N-dealkylation sites (tertiary alicyclic amines) is 2. The maximum Gasteiger partial charge on any atom is 0.254 e. The molecule has 2 N–H and O–H groups in total. The molecule has 0 unspecified atom stereocenters. The standard InChI is InChI=1S/C18H23N3O3/c22-16-11-21(10-15(16)20-7-1-2-8-20)18(24)13-4-3-12-5-6-19-17(23)14(12)9-13/h3-4,9,15-16,22H,1-2,5-8,10-11H2,(H,19,23)/t15-,16-/m1/s1. The highest BCUT2D eigenvalue weighted by atomic mass is 16.3. The van der Waals surface area contributed by atoms with Crippen molar-refractivity contribution in [2.75, 3.05) is 32.7 Å². The Kier molecular flexibility index (Phi) is 4.02. The number of hydrogen-bond acceptors (Lipinski definition) is 4. The fraction of sp³-hybridized carbons (Fsp3) is 0.556. The molecule has 0 saturated carbocycles. The van der Waals surface area contributed by atoms with Gasteiger partial charge in [-0.25, -0.2) is 0 Å². The first-order valence-electron chi connectivity index (χ1n) is 8.76. The highest BCUT2D eigenvalue weighted by Gasteiger charge is 2.38. The quantitative estimate of drug-likeness (QED) is 0.816. The van der Waals surface area contributed by atoms with Gasteiger partial charge in [0.2, 0.25) is 0 Å². The number of hydrogen-bond donors (Lipinski definition) is 2. The average Bonchev–Trinajstić information content (AvgIpc) is 3.23. The van der Waals surface area contributed by atoms with E-state index in [2.05, 4.69) is 10.2 Å². The van der Waals surface area contributed by atoms with E-state index in [0.29, 0.717) is 30.8 Å². The lowest BCUT2D eigenvalue weighted by Crippen LogP contribution is -2.41. The third-order valence-corrected chi connectivity index (χ3v) is 5.44. The van der Waals surface area contributed by atoms with Crippen LogP contribution in [0.25, 0.3) is 0 Å². The first-order valence-corrected chi connectivity index (χ1v) is 8.76. The minimum absolute atomic E-state index is 0.0392. The fourth-order valence-electron chi connectivity index (χ4n) is 4.09. The SMILES string of the molecule is O=C1NCCc2ccc(C(=O)N3C[C@@H](O)[C@H](N4CCCC4)C3)cc21. The summed E-state index contributed by atoms with van der Waals surface area (Å²) in [5.41, 5.74) is 2.12. The minimum atomic E-state index is -0.493. The van der Waals surface area contributed by atoms with Crippen LogP contribution in [0.2, 0.25) is 0 Å². The van der Waals surface area contributed by atoms with E-state index >= 15 is 0 Å². The van der Waals surface area contributed by atoms with E-state index in [1.165, 1.54) is 0 Å². The van der Waals surface area contributed by atoms with Crippen LogP contribution in [-0.2, 0) is 6.42 Å². The molecule has 3 aliphatic heterocycles. The van der Waals surface area contributed by atoms with E-state index in [0.717, 1.165) is 37.9 Å². The van der Waals surface area contributed by atoms with Crippen LogP contribution in [0, 0.1) is 0 Å². The van der Waals surface area contributed by atoms with Crippen molar-refractivity contribution in [3.05, 3.63) is 34.9 Å². The highest BCUT2D eigenvalue weighted by molar-refractivity contribution is 6.01. The summed E-state index contributed by atoms with van der Waals surface area (Å²) in [6.07, 6.45) is 2.64. The molecule has 24 heavy (non-hydrogen) atoms.